The number of anilines is 1. The Bertz CT molecular complexity index is 851. The van der Waals surface area contributed by atoms with Crippen molar-refractivity contribution in [2.75, 3.05) is 24.5 Å². The molecule has 0 bridgehead atoms. The van der Waals surface area contributed by atoms with Crippen molar-refractivity contribution in [1.29, 1.82) is 0 Å². The summed E-state index contributed by atoms with van der Waals surface area (Å²) in [7, 11) is 0. The second kappa shape index (κ2) is 7.53. The summed E-state index contributed by atoms with van der Waals surface area (Å²) in [4.78, 5) is 5.22. The molecule has 1 aromatic heterocycles. The van der Waals surface area contributed by atoms with Crippen molar-refractivity contribution >= 4 is 5.69 Å². The van der Waals surface area contributed by atoms with Gasteiger partial charge in [-0.2, -0.15) is 5.10 Å². The van der Waals surface area contributed by atoms with Crippen LogP contribution in [0.4, 0.5) is 5.69 Å². The van der Waals surface area contributed by atoms with E-state index in [4.69, 9.17) is 0 Å². The fraction of sp³-hybridized carbons (Fsp3) is 0.609. The third kappa shape index (κ3) is 3.15. The maximum Gasteiger partial charge on any atom is 0.0926 e. The lowest BCUT2D eigenvalue weighted by Crippen LogP contribution is -2.46. The molecule has 0 spiro atoms. The summed E-state index contributed by atoms with van der Waals surface area (Å²) in [5.74, 6) is 0. The van der Waals surface area contributed by atoms with Gasteiger partial charge in [-0.05, 0) is 62.3 Å². The molecule has 5 rings (SSSR count). The molecule has 1 saturated heterocycles. The first kappa shape index (κ1) is 18.2. The fourth-order valence-electron chi connectivity index (χ4n) is 5.53. The zero-order chi connectivity index (χ0) is 19.1. The smallest absolute Gasteiger partial charge is 0.0926 e. The van der Waals surface area contributed by atoms with Gasteiger partial charge in [0.15, 0.2) is 0 Å². The molecule has 1 N–H and O–H groups in total. The van der Waals surface area contributed by atoms with Gasteiger partial charge in [-0.25, -0.2) is 0 Å². The topological polar surface area (TPSA) is 44.5 Å². The Hall–Kier alpha value is -1.85. The maximum absolute atomic E-state index is 9.73. The number of nitrogens with zero attached hydrogens (tertiary/aromatic N) is 4. The second-order valence-electron chi connectivity index (χ2n) is 8.59. The number of rotatable bonds is 4. The molecule has 1 aliphatic carbocycles. The number of hydrogen-bond donors (Lipinski definition) is 1. The third-order valence-electron chi connectivity index (χ3n) is 7.12. The molecular formula is C23H32N4O. The van der Waals surface area contributed by atoms with Crippen LogP contribution < -0.4 is 4.90 Å². The summed E-state index contributed by atoms with van der Waals surface area (Å²) in [5.41, 5.74) is 8.08. The van der Waals surface area contributed by atoms with Gasteiger partial charge in [0.2, 0.25) is 0 Å². The van der Waals surface area contributed by atoms with Gasteiger partial charge in [-0.1, -0.05) is 6.07 Å². The van der Waals surface area contributed by atoms with E-state index in [-0.39, 0.29) is 6.61 Å². The normalized spacial score (nSPS) is 20.4. The predicted molar refractivity (Wildman–Crippen MR) is 112 cm³/mol. The molecule has 5 heteroatoms. The fourth-order valence-corrected chi connectivity index (χ4v) is 5.53. The van der Waals surface area contributed by atoms with E-state index in [1.807, 2.05) is 0 Å². The van der Waals surface area contributed by atoms with E-state index in [0.717, 1.165) is 44.8 Å². The Balaban J connectivity index is 1.25. The van der Waals surface area contributed by atoms with Crippen LogP contribution in [0, 0.1) is 0 Å². The molecule has 2 aliphatic heterocycles. The number of fused-ring (bicyclic) bond motifs is 2. The molecule has 0 radical (unpaired) electrons. The molecule has 1 fully saturated rings. The van der Waals surface area contributed by atoms with Crippen LogP contribution in [0.1, 0.15) is 54.3 Å². The van der Waals surface area contributed by atoms with E-state index < -0.39 is 0 Å². The summed E-state index contributed by atoms with van der Waals surface area (Å²) in [5, 5.41) is 14.3. The largest absolute Gasteiger partial charge is 0.390 e. The number of piperidine rings is 1. The van der Waals surface area contributed by atoms with Crippen molar-refractivity contribution in [3.63, 3.8) is 0 Å². The summed E-state index contributed by atoms with van der Waals surface area (Å²) >= 11 is 0. The average molecular weight is 381 g/mol. The second-order valence-corrected chi connectivity index (χ2v) is 8.59. The lowest BCUT2D eigenvalue weighted by atomic mass is 9.97. The minimum Gasteiger partial charge on any atom is -0.390 e. The standard InChI is InChI=1S/C23H32N4O/c1-2-27-23-10-13-26(15-21(23)22(16-28)24-27)19-8-11-25(12-9-19)20-7-6-17-4-3-5-18(17)14-20/h6-7,14,19,28H,2-5,8-13,15-16H2,1H3. The van der Waals surface area contributed by atoms with Crippen LogP contribution in [-0.2, 0) is 39.0 Å². The van der Waals surface area contributed by atoms with Crippen LogP contribution in [-0.4, -0.2) is 45.5 Å². The number of aliphatic hydroxyl groups is 1. The summed E-state index contributed by atoms with van der Waals surface area (Å²) < 4.78 is 2.09. The summed E-state index contributed by atoms with van der Waals surface area (Å²) in [6.45, 7) is 7.44. The van der Waals surface area contributed by atoms with Crippen LogP contribution in [0.3, 0.4) is 0 Å². The SMILES string of the molecule is CCn1nc(CO)c2c1CCN(C1CCN(c3ccc4c(c3)CCC4)CC1)C2. The quantitative estimate of drug-likeness (QED) is 0.886. The monoisotopic (exact) mass is 380 g/mol. The highest BCUT2D eigenvalue weighted by Crippen LogP contribution is 2.31. The highest BCUT2D eigenvalue weighted by molar-refractivity contribution is 5.52. The number of hydrogen-bond acceptors (Lipinski definition) is 4. The molecule has 3 heterocycles. The molecule has 0 amide bonds. The lowest BCUT2D eigenvalue weighted by molar-refractivity contribution is 0.150. The third-order valence-corrected chi connectivity index (χ3v) is 7.12. The first-order valence-electron chi connectivity index (χ1n) is 11.1. The van der Waals surface area contributed by atoms with Crippen LogP contribution in [0.2, 0.25) is 0 Å². The lowest BCUT2D eigenvalue weighted by Gasteiger charge is -2.41. The minimum absolute atomic E-state index is 0.0555. The molecule has 2 aromatic rings. The van der Waals surface area contributed by atoms with E-state index in [1.54, 1.807) is 11.1 Å². The van der Waals surface area contributed by atoms with Crippen molar-refractivity contribution < 1.29 is 5.11 Å². The van der Waals surface area contributed by atoms with Crippen LogP contribution in [0.25, 0.3) is 0 Å². The summed E-state index contributed by atoms with van der Waals surface area (Å²) in [6.07, 6.45) is 7.35. The Labute approximate surface area is 168 Å². The van der Waals surface area contributed by atoms with Crippen molar-refractivity contribution in [3.8, 4) is 0 Å². The number of aryl methyl sites for hydroxylation is 3. The van der Waals surface area contributed by atoms with E-state index in [0.29, 0.717) is 6.04 Å². The minimum atomic E-state index is 0.0555. The van der Waals surface area contributed by atoms with Crippen molar-refractivity contribution in [2.45, 2.75) is 71.2 Å². The number of aliphatic hydroxyl groups excluding tert-OH is 1. The van der Waals surface area contributed by atoms with Crippen LogP contribution in [0.15, 0.2) is 18.2 Å². The highest BCUT2D eigenvalue weighted by atomic mass is 16.3. The molecule has 0 unspecified atom stereocenters. The Kier molecular flexibility index (Phi) is 4.89. The summed E-state index contributed by atoms with van der Waals surface area (Å²) in [6, 6.07) is 7.79. The van der Waals surface area contributed by atoms with Gasteiger partial charge in [-0.3, -0.25) is 9.58 Å². The van der Waals surface area contributed by atoms with Gasteiger partial charge >= 0.3 is 0 Å². The maximum atomic E-state index is 9.73. The van der Waals surface area contributed by atoms with Gasteiger partial charge in [0, 0.05) is 62.1 Å². The van der Waals surface area contributed by atoms with Crippen molar-refractivity contribution in [3.05, 3.63) is 46.3 Å². The molecule has 150 valence electrons. The van der Waals surface area contributed by atoms with Gasteiger partial charge in [0.05, 0.1) is 12.3 Å². The van der Waals surface area contributed by atoms with Crippen molar-refractivity contribution in [1.82, 2.24) is 14.7 Å². The molecular weight excluding hydrogens is 348 g/mol. The molecule has 28 heavy (non-hydrogen) atoms. The van der Waals surface area contributed by atoms with Crippen LogP contribution >= 0.6 is 0 Å². The first-order valence-corrected chi connectivity index (χ1v) is 11.1. The Morgan fingerprint density at radius 3 is 2.68 bits per heavy atom. The van der Waals surface area contributed by atoms with Gasteiger partial charge in [0.1, 0.15) is 0 Å². The first-order chi connectivity index (χ1) is 13.8. The number of benzene rings is 1. The predicted octanol–water partition coefficient (Wildman–Crippen LogP) is 2.91. The van der Waals surface area contributed by atoms with Crippen LogP contribution in [0.5, 0.6) is 0 Å². The van der Waals surface area contributed by atoms with E-state index in [9.17, 15) is 5.11 Å². The molecule has 0 saturated carbocycles. The van der Waals surface area contributed by atoms with E-state index in [1.165, 1.54) is 49.0 Å². The zero-order valence-electron chi connectivity index (χ0n) is 17.0. The van der Waals surface area contributed by atoms with Gasteiger partial charge in [-0.15, -0.1) is 0 Å². The van der Waals surface area contributed by atoms with E-state index in [2.05, 4.69) is 44.7 Å². The zero-order valence-corrected chi connectivity index (χ0v) is 17.0. The highest BCUT2D eigenvalue weighted by Gasteiger charge is 2.30. The van der Waals surface area contributed by atoms with Gasteiger partial charge in [0.25, 0.3) is 0 Å². The molecule has 1 aromatic carbocycles. The van der Waals surface area contributed by atoms with Crippen molar-refractivity contribution in [2.24, 2.45) is 0 Å². The Morgan fingerprint density at radius 1 is 1.07 bits per heavy atom. The Morgan fingerprint density at radius 2 is 1.89 bits per heavy atom. The van der Waals surface area contributed by atoms with E-state index >= 15 is 0 Å². The molecule has 3 aliphatic rings. The number of aromatic nitrogens is 2. The molecule has 5 nitrogen and oxygen atoms in total. The van der Waals surface area contributed by atoms with Gasteiger partial charge < -0.3 is 10.0 Å². The molecule has 0 atom stereocenters. The average Bonchev–Trinajstić information content (AvgIpc) is 3.36.